The molecule has 4 nitrogen and oxygen atoms in total. The maximum absolute atomic E-state index is 12.3. The Morgan fingerprint density at radius 2 is 1.81 bits per heavy atom. The van der Waals surface area contributed by atoms with Crippen molar-refractivity contribution in [1.82, 2.24) is 10.2 Å². The molecule has 0 bridgehead atoms. The van der Waals surface area contributed by atoms with Crippen molar-refractivity contribution in [2.24, 2.45) is 5.41 Å². The van der Waals surface area contributed by atoms with E-state index in [4.69, 9.17) is 4.74 Å². The molecule has 0 heterocycles. The summed E-state index contributed by atoms with van der Waals surface area (Å²) in [5.41, 5.74) is -0.363. The van der Waals surface area contributed by atoms with Gasteiger partial charge in [-0.25, -0.2) is 0 Å². The summed E-state index contributed by atoms with van der Waals surface area (Å²) in [4.78, 5) is 14.6. The van der Waals surface area contributed by atoms with E-state index in [1.54, 1.807) is 0 Å². The molecule has 21 heavy (non-hydrogen) atoms. The van der Waals surface area contributed by atoms with Gasteiger partial charge in [0.05, 0.1) is 6.61 Å². The largest absolute Gasteiger partial charge is 0.465 e. The topological polar surface area (TPSA) is 41.6 Å². The van der Waals surface area contributed by atoms with Gasteiger partial charge in [-0.3, -0.25) is 4.79 Å². The van der Waals surface area contributed by atoms with Crippen molar-refractivity contribution in [3.8, 4) is 0 Å². The Hall–Kier alpha value is -0.610. The number of carbonyl (C=O) groups is 1. The monoisotopic (exact) mass is 300 g/mol. The molecule has 0 aromatic rings. The Morgan fingerprint density at radius 3 is 2.24 bits per heavy atom. The molecule has 0 aromatic heterocycles. The molecule has 0 fully saturated rings. The summed E-state index contributed by atoms with van der Waals surface area (Å²) in [6.45, 7) is 17.0. The smallest absolute Gasteiger partial charge is 0.326 e. The number of esters is 1. The highest BCUT2D eigenvalue weighted by atomic mass is 16.5. The number of rotatable bonds is 9. The molecule has 2 atom stereocenters. The molecular formula is C17H36N2O2. The highest BCUT2D eigenvalue weighted by Gasteiger charge is 2.36. The quantitative estimate of drug-likeness (QED) is 0.665. The number of carbonyl (C=O) groups excluding carboxylic acids is 1. The normalized spacial score (nSPS) is 16.6. The van der Waals surface area contributed by atoms with E-state index in [1.807, 2.05) is 13.8 Å². The highest BCUT2D eigenvalue weighted by molar-refractivity contribution is 5.80. The second-order valence-electron chi connectivity index (χ2n) is 7.51. The third-order valence-corrected chi connectivity index (χ3v) is 3.67. The van der Waals surface area contributed by atoms with E-state index in [2.05, 4.69) is 51.9 Å². The zero-order valence-electron chi connectivity index (χ0n) is 15.4. The Balaban J connectivity index is 4.82. The minimum Gasteiger partial charge on any atom is -0.465 e. The molecule has 0 rings (SSSR count). The summed E-state index contributed by atoms with van der Waals surface area (Å²) in [6, 6.07) is 0.308. The van der Waals surface area contributed by atoms with E-state index < -0.39 is 5.54 Å². The Kier molecular flexibility index (Phi) is 8.49. The SMILES string of the molecule is CCCNC(C)(CC(C)N(C)CC(C)(C)C)C(=O)OCC. The van der Waals surface area contributed by atoms with E-state index >= 15 is 0 Å². The number of nitrogens with zero attached hydrogens (tertiary/aromatic N) is 1. The van der Waals surface area contributed by atoms with Crippen molar-refractivity contribution in [3.63, 3.8) is 0 Å². The van der Waals surface area contributed by atoms with E-state index in [-0.39, 0.29) is 11.4 Å². The predicted octanol–water partition coefficient (Wildman–Crippen LogP) is 3.06. The van der Waals surface area contributed by atoms with Crippen LogP contribution in [0.5, 0.6) is 0 Å². The van der Waals surface area contributed by atoms with E-state index in [1.165, 1.54) is 0 Å². The van der Waals surface area contributed by atoms with Gasteiger partial charge < -0.3 is 15.0 Å². The molecule has 0 saturated heterocycles. The second kappa shape index (κ2) is 8.74. The van der Waals surface area contributed by atoms with Gasteiger partial charge in [-0.05, 0) is 52.6 Å². The number of hydrogen-bond acceptors (Lipinski definition) is 4. The van der Waals surface area contributed by atoms with E-state index in [9.17, 15) is 4.79 Å². The average molecular weight is 300 g/mol. The van der Waals surface area contributed by atoms with Crippen LogP contribution in [0.1, 0.15) is 61.3 Å². The van der Waals surface area contributed by atoms with Crippen LogP contribution in [0.15, 0.2) is 0 Å². The van der Waals surface area contributed by atoms with Crippen LogP contribution >= 0.6 is 0 Å². The number of nitrogens with one attached hydrogen (secondary N) is 1. The first kappa shape index (κ1) is 20.4. The molecule has 1 N–H and O–H groups in total. The molecule has 0 radical (unpaired) electrons. The van der Waals surface area contributed by atoms with Crippen LogP contribution in [0.4, 0.5) is 0 Å². The lowest BCUT2D eigenvalue weighted by Crippen LogP contribution is -2.54. The molecule has 0 aliphatic rings. The Morgan fingerprint density at radius 1 is 1.24 bits per heavy atom. The lowest BCUT2D eigenvalue weighted by Gasteiger charge is -2.37. The van der Waals surface area contributed by atoms with Gasteiger partial charge >= 0.3 is 5.97 Å². The standard InChI is InChI=1S/C17H36N2O2/c1-9-11-18-17(7,15(20)21-10-2)12-14(3)19(8)13-16(4,5)6/h14,18H,9-13H2,1-8H3. The van der Waals surface area contributed by atoms with Gasteiger partial charge in [0.2, 0.25) is 0 Å². The van der Waals surface area contributed by atoms with Gasteiger partial charge in [0.25, 0.3) is 0 Å². The van der Waals surface area contributed by atoms with Crippen LogP contribution in [0.25, 0.3) is 0 Å². The second-order valence-corrected chi connectivity index (χ2v) is 7.51. The Bertz CT molecular complexity index is 312. The highest BCUT2D eigenvalue weighted by Crippen LogP contribution is 2.21. The third-order valence-electron chi connectivity index (χ3n) is 3.67. The maximum Gasteiger partial charge on any atom is 0.326 e. The van der Waals surface area contributed by atoms with Crippen LogP contribution < -0.4 is 5.32 Å². The van der Waals surface area contributed by atoms with E-state index in [0.29, 0.717) is 12.6 Å². The third kappa shape index (κ3) is 7.82. The molecule has 2 unspecified atom stereocenters. The zero-order chi connectivity index (χ0) is 16.7. The Labute approximate surface area is 131 Å². The van der Waals surface area contributed by atoms with Crippen molar-refractivity contribution in [2.75, 3.05) is 26.7 Å². The summed E-state index contributed by atoms with van der Waals surface area (Å²) in [5.74, 6) is -0.144. The molecule has 0 aliphatic carbocycles. The van der Waals surface area contributed by atoms with Crippen molar-refractivity contribution in [2.45, 2.75) is 72.9 Å². The average Bonchev–Trinajstić information content (AvgIpc) is 2.34. The molecule has 126 valence electrons. The van der Waals surface area contributed by atoms with Crippen LogP contribution in [0.2, 0.25) is 0 Å². The molecule has 0 saturated carbocycles. The van der Waals surface area contributed by atoms with Crippen molar-refractivity contribution in [3.05, 3.63) is 0 Å². The first-order valence-electron chi connectivity index (χ1n) is 8.18. The molecule has 4 heteroatoms. The van der Waals surface area contributed by atoms with Gasteiger partial charge in [-0.15, -0.1) is 0 Å². The van der Waals surface area contributed by atoms with Gasteiger partial charge in [0, 0.05) is 12.6 Å². The fraction of sp³-hybridized carbons (Fsp3) is 0.941. The molecule has 0 aromatic carbocycles. The minimum absolute atomic E-state index is 0.144. The summed E-state index contributed by atoms with van der Waals surface area (Å²) in [5, 5.41) is 3.38. The molecule has 0 aliphatic heterocycles. The van der Waals surface area contributed by atoms with Crippen molar-refractivity contribution in [1.29, 1.82) is 0 Å². The molecular weight excluding hydrogens is 264 g/mol. The minimum atomic E-state index is -0.614. The summed E-state index contributed by atoms with van der Waals surface area (Å²) >= 11 is 0. The lowest BCUT2D eigenvalue weighted by atomic mass is 9.90. The van der Waals surface area contributed by atoms with Crippen LogP contribution in [-0.2, 0) is 9.53 Å². The van der Waals surface area contributed by atoms with Crippen molar-refractivity contribution < 1.29 is 9.53 Å². The first-order valence-corrected chi connectivity index (χ1v) is 8.18. The van der Waals surface area contributed by atoms with Crippen LogP contribution in [0.3, 0.4) is 0 Å². The van der Waals surface area contributed by atoms with Crippen molar-refractivity contribution >= 4 is 5.97 Å². The van der Waals surface area contributed by atoms with Gasteiger partial charge in [0.1, 0.15) is 5.54 Å². The van der Waals surface area contributed by atoms with Gasteiger partial charge in [0.15, 0.2) is 0 Å². The molecule has 0 amide bonds. The van der Waals surface area contributed by atoms with Crippen LogP contribution in [0, 0.1) is 5.41 Å². The number of hydrogen-bond donors (Lipinski definition) is 1. The lowest BCUT2D eigenvalue weighted by molar-refractivity contribution is -0.151. The summed E-state index contributed by atoms with van der Waals surface area (Å²) in [7, 11) is 2.13. The number of ether oxygens (including phenoxy) is 1. The van der Waals surface area contributed by atoms with Gasteiger partial charge in [-0.1, -0.05) is 27.7 Å². The fourth-order valence-electron chi connectivity index (χ4n) is 2.57. The van der Waals surface area contributed by atoms with E-state index in [0.717, 1.165) is 25.9 Å². The van der Waals surface area contributed by atoms with Gasteiger partial charge in [-0.2, -0.15) is 0 Å². The first-order chi connectivity index (χ1) is 9.55. The summed E-state index contributed by atoms with van der Waals surface area (Å²) < 4.78 is 5.27. The maximum atomic E-state index is 12.3. The molecule has 0 spiro atoms. The fourth-order valence-corrected chi connectivity index (χ4v) is 2.57. The summed E-state index contributed by atoms with van der Waals surface area (Å²) in [6.07, 6.45) is 1.75. The van der Waals surface area contributed by atoms with Crippen LogP contribution in [-0.4, -0.2) is 49.2 Å². The predicted molar refractivity (Wildman–Crippen MR) is 89.5 cm³/mol. The zero-order valence-corrected chi connectivity index (χ0v) is 15.4.